The number of hydrogen-bond acceptors (Lipinski definition) is 5. The molecule has 110 valence electrons. The average molecular weight is 277 g/mol. The molecule has 0 aliphatic carbocycles. The van der Waals surface area contributed by atoms with Crippen molar-refractivity contribution in [1.82, 2.24) is 35.1 Å². The fourth-order valence-electron chi connectivity index (χ4n) is 1.95. The standard InChI is InChI=1S/C13H23N7/c1-10(2)5-14-6-12-7-19(18-17-12)8-13-15-9-16-20(13)11(3)4/h7,9-11,14H,5-6,8H2,1-4H3. The van der Waals surface area contributed by atoms with Crippen LogP contribution in [0.5, 0.6) is 0 Å². The second-order valence-electron chi connectivity index (χ2n) is 5.65. The van der Waals surface area contributed by atoms with Crippen molar-refractivity contribution >= 4 is 0 Å². The largest absolute Gasteiger partial charge is 0.311 e. The highest BCUT2D eigenvalue weighted by Crippen LogP contribution is 2.06. The molecule has 0 aromatic carbocycles. The zero-order valence-electron chi connectivity index (χ0n) is 12.6. The lowest BCUT2D eigenvalue weighted by Crippen LogP contribution is -2.19. The van der Waals surface area contributed by atoms with Gasteiger partial charge in [-0.15, -0.1) is 5.10 Å². The van der Waals surface area contributed by atoms with Crippen molar-refractivity contribution in [2.24, 2.45) is 5.92 Å². The molecule has 0 amide bonds. The van der Waals surface area contributed by atoms with Crippen LogP contribution in [0.4, 0.5) is 0 Å². The summed E-state index contributed by atoms with van der Waals surface area (Å²) >= 11 is 0. The zero-order chi connectivity index (χ0) is 14.5. The molecular weight excluding hydrogens is 254 g/mol. The van der Waals surface area contributed by atoms with Gasteiger partial charge in [0.05, 0.1) is 11.9 Å². The first-order chi connectivity index (χ1) is 9.56. The van der Waals surface area contributed by atoms with E-state index in [1.807, 2.05) is 10.9 Å². The Balaban J connectivity index is 1.94. The van der Waals surface area contributed by atoms with Gasteiger partial charge in [-0.05, 0) is 26.3 Å². The molecule has 0 aliphatic heterocycles. The lowest BCUT2D eigenvalue weighted by atomic mass is 10.2. The maximum atomic E-state index is 4.27. The summed E-state index contributed by atoms with van der Waals surface area (Å²) in [6, 6.07) is 0.295. The lowest BCUT2D eigenvalue weighted by molar-refractivity contribution is 0.485. The predicted molar refractivity (Wildman–Crippen MR) is 76.1 cm³/mol. The van der Waals surface area contributed by atoms with Crippen LogP contribution in [0.1, 0.15) is 45.3 Å². The topological polar surface area (TPSA) is 73.5 Å². The molecule has 0 saturated heterocycles. The molecule has 0 unspecified atom stereocenters. The van der Waals surface area contributed by atoms with E-state index in [-0.39, 0.29) is 0 Å². The molecule has 0 atom stereocenters. The summed E-state index contributed by atoms with van der Waals surface area (Å²) in [4.78, 5) is 4.27. The van der Waals surface area contributed by atoms with E-state index in [1.165, 1.54) is 0 Å². The van der Waals surface area contributed by atoms with Gasteiger partial charge in [-0.25, -0.2) is 14.3 Å². The molecule has 0 spiro atoms. The summed E-state index contributed by atoms with van der Waals surface area (Å²) in [5.74, 6) is 1.53. The van der Waals surface area contributed by atoms with Crippen LogP contribution in [-0.4, -0.2) is 36.3 Å². The van der Waals surface area contributed by atoms with Gasteiger partial charge in [-0.3, -0.25) is 0 Å². The van der Waals surface area contributed by atoms with E-state index < -0.39 is 0 Å². The molecule has 2 aromatic rings. The average Bonchev–Trinajstić information content (AvgIpc) is 2.99. The van der Waals surface area contributed by atoms with Crippen LogP contribution >= 0.6 is 0 Å². The van der Waals surface area contributed by atoms with E-state index >= 15 is 0 Å². The van der Waals surface area contributed by atoms with Crippen molar-refractivity contribution in [3.8, 4) is 0 Å². The van der Waals surface area contributed by atoms with Crippen LogP contribution in [0.25, 0.3) is 0 Å². The molecule has 0 fully saturated rings. The Bertz CT molecular complexity index is 526. The first kappa shape index (κ1) is 14.6. The van der Waals surface area contributed by atoms with Crippen LogP contribution in [0.2, 0.25) is 0 Å². The van der Waals surface area contributed by atoms with Crippen LogP contribution in [-0.2, 0) is 13.1 Å². The normalized spacial score (nSPS) is 11.7. The maximum Gasteiger partial charge on any atom is 0.148 e. The fraction of sp³-hybridized carbons (Fsp3) is 0.692. The summed E-state index contributed by atoms with van der Waals surface area (Å²) in [6.45, 7) is 10.9. The molecule has 1 N–H and O–H groups in total. The Kier molecular flexibility index (Phi) is 4.84. The first-order valence-electron chi connectivity index (χ1n) is 7.04. The molecule has 0 bridgehead atoms. The number of nitrogens with zero attached hydrogens (tertiary/aromatic N) is 6. The highest BCUT2D eigenvalue weighted by atomic mass is 15.4. The highest BCUT2D eigenvalue weighted by Gasteiger charge is 2.09. The van der Waals surface area contributed by atoms with Crippen molar-refractivity contribution in [3.05, 3.63) is 24.0 Å². The molecule has 20 heavy (non-hydrogen) atoms. The third-order valence-electron chi connectivity index (χ3n) is 2.88. The zero-order valence-corrected chi connectivity index (χ0v) is 12.6. The number of hydrogen-bond donors (Lipinski definition) is 1. The van der Waals surface area contributed by atoms with Crippen molar-refractivity contribution in [2.75, 3.05) is 6.54 Å². The molecule has 0 radical (unpaired) electrons. The van der Waals surface area contributed by atoms with E-state index in [2.05, 4.69) is 53.4 Å². The summed E-state index contributed by atoms with van der Waals surface area (Å²) < 4.78 is 3.70. The molecule has 7 heteroatoms. The summed E-state index contributed by atoms with van der Waals surface area (Å²) in [6.07, 6.45) is 3.53. The second kappa shape index (κ2) is 6.60. The molecule has 0 aliphatic rings. The quantitative estimate of drug-likeness (QED) is 0.824. The minimum Gasteiger partial charge on any atom is -0.311 e. The SMILES string of the molecule is CC(C)CNCc1cn(Cc2ncnn2C(C)C)nn1. The molecular formula is C13H23N7. The lowest BCUT2D eigenvalue weighted by Gasteiger charge is -2.08. The van der Waals surface area contributed by atoms with Gasteiger partial charge in [-0.1, -0.05) is 19.1 Å². The summed E-state index contributed by atoms with van der Waals surface area (Å²) in [5.41, 5.74) is 0.946. The molecule has 0 saturated carbocycles. The van der Waals surface area contributed by atoms with Crippen molar-refractivity contribution in [3.63, 3.8) is 0 Å². The van der Waals surface area contributed by atoms with Crippen LogP contribution in [0, 0.1) is 5.92 Å². The van der Waals surface area contributed by atoms with Gasteiger partial charge in [0.2, 0.25) is 0 Å². The van der Waals surface area contributed by atoms with E-state index in [0.29, 0.717) is 18.5 Å². The first-order valence-corrected chi connectivity index (χ1v) is 7.04. The Morgan fingerprint density at radius 1 is 1.25 bits per heavy atom. The third-order valence-corrected chi connectivity index (χ3v) is 2.88. The van der Waals surface area contributed by atoms with Crippen LogP contribution in [0.3, 0.4) is 0 Å². The highest BCUT2D eigenvalue weighted by molar-refractivity contribution is 4.95. The number of rotatable bonds is 7. The van der Waals surface area contributed by atoms with Crippen molar-refractivity contribution < 1.29 is 0 Å². The van der Waals surface area contributed by atoms with E-state index in [4.69, 9.17) is 0 Å². The molecule has 2 aromatic heterocycles. The number of aromatic nitrogens is 6. The Hall–Kier alpha value is -1.76. The van der Waals surface area contributed by atoms with Gasteiger partial charge in [0, 0.05) is 12.6 Å². The maximum absolute atomic E-state index is 4.27. The summed E-state index contributed by atoms with van der Waals surface area (Å²) in [7, 11) is 0. The van der Waals surface area contributed by atoms with E-state index in [1.54, 1.807) is 11.0 Å². The van der Waals surface area contributed by atoms with E-state index in [9.17, 15) is 0 Å². The van der Waals surface area contributed by atoms with Crippen LogP contribution in [0.15, 0.2) is 12.5 Å². The third kappa shape index (κ3) is 3.86. The summed E-state index contributed by atoms with van der Waals surface area (Å²) in [5, 5.41) is 15.9. The van der Waals surface area contributed by atoms with E-state index in [0.717, 1.165) is 24.6 Å². The van der Waals surface area contributed by atoms with Gasteiger partial charge in [0.25, 0.3) is 0 Å². The minimum atomic E-state index is 0.295. The molecule has 2 heterocycles. The Morgan fingerprint density at radius 2 is 2.05 bits per heavy atom. The Morgan fingerprint density at radius 3 is 2.75 bits per heavy atom. The monoisotopic (exact) mass is 277 g/mol. The molecule has 7 nitrogen and oxygen atoms in total. The van der Waals surface area contributed by atoms with Gasteiger partial charge >= 0.3 is 0 Å². The van der Waals surface area contributed by atoms with Gasteiger partial charge in [-0.2, -0.15) is 5.10 Å². The van der Waals surface area contributed by atoms with Gasteiger partial charge in [0.1, 0.15) is 18.7 Å². The second-order valence-corrected chi connectivity index (χ2v) is 5.65. The predicted octanol–water partition coefficient (Wildman–Crippen LogP) is 1.24. The van der Waals surface area contributed by atoms with Gasteiger partial charge in [0.15, 0.2) is 0 Å². The fourth-order valence-corrected chi connectivity index (χ4v) is 1.95. The minimum absolute atomic E-state index is 0.295. The van der Waals surface area contributed by atoms with Crippen LogP contribution < -0.4 is 5.32 Å². The Labute approximate surface area is 119 Å². The van der Waals surface area contributed by atoms with Crippen molar-refractivity contribution in [1.29, 1.82) is 0 Å². The smallest absolute Gasteiger partial charge is 0.148 e. The number of nitrogens with one attached hydrogen (secondary N) is 1. The van der Waals surface area contributed by atoms with Gasteiger partial charge < -0.3 is 5.32 Å². The molecule has 2 rings (SSSR count). The van der Waals surface area contributed by atoms with Crippen molar-refractivity contribution in [2.45, 2.75) is 46.8 Å².